The van der Waals surface area contributed by atoms with Gasteiger partial charge in [-0.1, -0.05) is 54.6 Å². The van der Waals surface area contributed by atoms with E-state index in [1.807, 2.05) is 0 Å². The van der Waals surface area contributed by atoms with Crippen molar-refractivity contribution in [1.82, 2.24) is 0 Å². The van der Waals surface area contributed by atoms with E-state index in [-0.39, 0.29) is 0 Å². The molecule has 1 aliphatic rings. The van der Waals surface area contributed by atoms with Gasteiger partial charge in [0.25, 0.3) is 0 Å². The van der Waals surface area contributed by atoms with Crippen LogP contribution in [0.25, 0.3) is 0 Å². The van der Waals surface area contributed by atoms with Crippen molar-refractivity contribution in [2.45, 2.75) is 25.7 Å². The lowest BCUT2D eigenvalue weighted by molar-refractivity contribution is 1.00. The lowest BCUT2D eigenvalue weighted by atomic mass is 10.1. The number of benzene rings is 1. The SMILES string of the molecule is C(/C=C/C1CC1)=C\CCc1ccccc1. The summed E-state index contributed by atoms with van der Waals surface area (Å²) >= 11 is 0. The van der Waals surface area contributed by atoms with Crippen LogP contribution in [0.15, 0.2) is 54.6 Å². The van der Waals surface area contributed by atoms with Crippen LogP contribution in [0.1, 0.15) is 24.8 Å². The van der Waals surface area contributed by atoms with Crippen molar-refractivity contribution in [3.05, 3.63) is 60.2 Å². The van der Waals surface area contributed by atoms with Gasteiger partial charge in [-0.25, -0.2) is 0 Å². The van der Waals surface area contributed by atoms with Crippen LogP contribution in [0, 0.1) is 5.92 Å². The third kappa shape index (κ3) is 4.16. The van der Waals surface area contributed by atoms with Gasteiger partial charge in [0.1, 0.15) is 0 Å². The van der Waals surface area contributed by atoms with Crippen LogP contribution in [0.2, 0.25) is 0 Å². The first-order valence-electron chi connectivity index (χ1n) is 5.82. The Kier molecular flexibility index (Phi) is 3.78. The van der Waals surface area contributed by atoms with Crippen molar-refractivity contribution in [3.63, 3.8) is 0 Å². The molecule has 15 heavy (non-hydrogen) atoms. The largest absolute Gasteiger partial charge is 0.0842 e. The normalized spacial score (nSPS) is 16.5. The van der Waals surface area contributed by atoms with Gasteiger partial charge in [0.05, 0.1) is 0 Å². The van der Waals surface area contributed by atoms with E-state index in [0.717, 1.165) is 18.8 Å². The number of hydrogen-bond donors (Lipinski definition) is 0. The fourth-order valence-electron chi connectivity index (χ4n) is 1.58. The molecular formula is C15H18. The van der Waals surface area contributed by atoms with Crippen molar-refractivity contribution >= 4 is 0 Å². The summed E-state index contributed by atoms with van der Waals surface area (Å²) in [6.45, 7) is 0. The average molecular weight is 198 g/mol. The van der Waals surface area contributed by atoms with Crippen LogP contribution in [0.5, 0.6) is 0 Å². The molecule has 2 rings (SSSR count). The Balaban J connectivity index is 1.65. The van der Waals surface area contributed by atoms with Crippen LogP contribution >= 0.6 is 0 Å². The maximum absolute atomic E-state index is 2.32. The van der Waals surface area contributed by atoms with E-state index in [1.54, 1.807) is 0 Å². The van der Waals surface area contributed by atoms with Gasteiger partial charge in [-0.05, 0) is 37.2 Å². The summed E-state index contributed by atoms with van der Waals surface area (Å²) in [5.74, 6) is 0.892. The van der Waals surface area contributed by atoms with Gasteiger partial charge in [-0.2, -0.15) is 0 Å². The standard InChI is InChI=1S/C15H18/c1(2-5-11-15-12-13-15)4-8-14-9-6-3-7-10-14/h1-3,5-7,9-11,15H,4,8,12-13H2/b2-1+,11-5+. The lowest BCUT2D eigenvalue weighted by Gasteiger charge is -1.95. The Bertz CT molecular complexity index is 328. The number of allylic oxidation sites excluding steroid dienone is 4. The molecule has 0 amide bonds. The molecule has 0 aromatic heterocycles. The molecule has 0 atom stereocenters. The second-order valence-electron chi connectivity index (χ2n) is 4.17. The minimum atomic E-state index is 0.892. The van der Waals surface area contributed by atoms with Crippen molar-refractivity contribution in [1.29, 1.82) is 0 Å². The van der Waals surface area contributed by atoms with Gasteiger partial charge < -0.3 is 0 Å². The molecule has 1 saturated carbocycles. The highest BCUT2D eigenvalue weighted by Gasteiger charge is 2.16. The van der Waals surface area contributed by atoms with Gasteiger partial charge in [0, 0.05) is 0 Å². The molecule has 0 aliphatic heterocycles. The molecule has 1 aromatic carbocycles. The summed E-state index contributed by atoms with van der Waals surface area (Å²) in [6.07, 6.45) is 14.0. The number of hydrogen-bond acceptors (Lipinski definition) is 0. The summed E-state index contributed by atoms with van der Waals surface area (Å²) < 4.78 is 0. The summed E-state index contributed by atoms with van der Waals surface area (Å²) in [7, 11) is 0. The van der Waals surface area contributed by atoms with Gasteiger partial charge in [0.15, 0.2) is 0 Å². The molecule has 0 heteroatoms. The Morgan fingerprint density at radius 2 is 1.87 bits per heavy atom. The van der Waals surface area contributed by atoms with E-state index in [9.17, 15) is 0 Å². The molecular weight excluding hydrogens is 180 g/mol. The van der Waals surface area contributed by atoms with Gasteiger partial charge in [-0.15, -0.1) is 0 Å². The molecule has 0 unspecified atom stereocenters. The molecule has 1 fully saturated rings. The molecule has 0 heterocycles. The quantitative estimate of drug-likeness (QED) is 0.624. The predicted octanol–water partition coefficient (Wildman–Crippen LogP) is 4.14. The monoisotopic (exact) mass is 198 g/mol. The van der Waals surface area contributed by atoms with Crippen LogP contribution in [-0.2, 0) is 6.42 Å². The van der Waals surface area contributed by atoms with E-state index in [0.29, 0.717) is 0 Å². The topological polar surface area (TPSA) is 0 Å². The number of rotatable bonds is 5. The van der Waals surface area contributed by atoms with Gasteiger partial charge in [-0.3, -0.25) is 0 Å². The molecule has 0 bridgehead atoms. The van der Waals surface area contributed by atoms with Crippen LogP contribution in [0.4, 0.5) is 0 Å². The van der Waals surface area contributed by atoms with Crippen LogP contribution < -0.4 is 0 Å². The maximum atomic E-state index is 2.32. The zero-order chi connectivity index (χ0) is 10.3. The molecule has 0 saturated heterocycles. The third-order valence-electron chi connectivity index (χ3n) is 2.69. The summed E-state index contributed by atoms with van der Waals surface area (Å²) in [5, 5.41) is 0. The molecule has 78 valence electrons. The molecule has 0 spiro atoms. The van der Waals surface area contributed by atoms with E-state index >= 15 is 0 Å². The van der Waals surface area contributed by atoms with Crippen molar-refractivity contribution in [2.24, 2.45) is 5.92 Å². The summed E-state index contributed by atoms with van der Waals surface area (Å²) in [6, 6.07) is 10.7. The van der Waals surface area contributed by atoms with Crippen molar-refractivity contribution in [3.8, 4) is 0 Å². The minimum Gasteiger partial charge on any atom is -0.0842 e. The van der Waals surface area contributed by atoms with E-state index in [4.69, 9.17) is 0 Å². The first-order valence-corrected chi connectivity index (χ1v) is 5.82. The Hall–Kier alpha value is -1.30. The molecule has 0 radical (unpaired) electrons. The highest BCUT2D eigenvalue weighted by atomic mass is 14.2. The zero-order valence-electron chi connectivity index (χ0n) is 9.10. The minimum absolute atomic E-state index is 0.892. The lowest BCUT2D eigenvalue weighted by Crippen LogP contribution is -1.80. The second kappa shape index (κ2) is 5.55. The van der Waals surface area contributed by atoms with Crippen molar-refractivity contribution in [2.75, 3.05) is 0 Å². The fourth-order valence-corrected chi connectivity index (χ4v) is 1.58. The fraction of sp³-hybridized carbons (Fsp3) is 0.333. The third-order valence-corrected chi connectivity index (χ3v) is 2.69. The molecule has 0 N–H and O–H groups in total. The number of aryl methyl sites for hydroxylation is 1. The summed E-state index contributed by atoms with van der Waals surface area (Å²) in [4.78, 5) is 0. The van der Waals surface area contributed by atoms with E-state index in [1.165, 1.54) is 18.4 Å². The van der Waals surface area contributed by atoms with Gasteiger partial charge in [0.2, 0.25) is 0 Å². The molecule has 1 aromatic rings. The summed E-state index contributed by atoms with van der Waals surface area (Å²) in [5.41, 5.74) is 1.42. The van der Waals surface area contributed by atoms with E-state index in [2.05, 4.69) is 54.6 Å². The smallest absolute Gasteiger partial charge is 0.0230 e. The molecule has 0 nitrogen and oxygen atoms in total. The average Bonchev–Trinajstić information content (AvgIpc) is 3.09. The Morgan fingerprint density at radius 3 is 2.60 bits per heavy atom. The highest BCUT2D eigenvalue weighted by molar-refractivity contribution is 5.15. The maximum Gasteiger partial charge on any atom is -0.0230 e. The first kappa shape index (κ1) is 10.2. The van der Waals surface area contributed by atoms with E-state index < -0.39 is 0 Å². The zero-order valence-corrected chi connectivity index (χ0v) is 9.10. The predicted molar refractivity (Wildman–Crippen MR) is 65.8 cm³/mol. The Labute approximate surface area is 92.3 Å². The highest BCUT2D eigenvalue weighted by Crippen LogP contribution is 2.29. The second-order valence-corrected chi connectivity index (χ2v) is 4.17. The van der Waals surface area contributed by atoms with Crippen LogP contribution in [-0.4, -0.2) is 0 Å². The Morgan fingerprint density at radius 1 is 1.07 bits per heavy atom. The van der Waals surface area contributed by atoms with Gasteiger partial charge >= 0.3 is 0 Å². The van der Waals surface area contributed by atoms with Crippen LogP contribution in [0.3, 0.4) is 0 Å². The van der Waals surface area contributed by atoms with Crippen molar-refractivity contribution < 1.29 is 0 Å². The first-order chi connectivity index (χ1) is 7.45. The molecule has 1 aliphatic carbocycles.